The van der Waals surface area contributed by atoms with Crippen molar-refractivity contribution in [3.63, 3.8) is 0 Å². The quantitative estimate of drug-likeness (QED) is 0.0559. The number of aliphatic hydroxyl groups is 3. The molecule has 138 heavy (non-hydrogen) atoms. The topological polar surface area (TPSA) is 322 Å². The smallest absolute Gasteiger partial charge is 0.347 e. The van der Waals surface area contributed by atoms with Crippen LogP contribution in [0.4, 0.5) is 13.2 Å². The van der Waals surface area contributed by atoms with Crippen LogP contribution in [0.15, 0.2) is 164 Å². The Morgan fingerprint density at radius 3 is 1.20 bits per heavy atom. The van der Waals surface area contributed by atoms with Crippen molar-refractivity contribution in [2.24, 2.45) is 17.8 Å². The molecule has 0 radical (unpaired) electrons. The lowest BCUT2D eigenvalue weighted by Gasteiger charge is -2.48. The number of fused-ring (bicyclic) bond motifs is 15. The molecule has 15 heterocycles. The summed E-state index contributed by atoms with van der Waals surface area (Å²) in [4.78, 5) is 141. The third-order valence-electron chi connectivity index (χ3n) is 33.0. The number of halogens is 3. The fraction of sp³-hybridized carbons (Fsp3) is 0.514. The molecule has 0 spiro atoms. The second kappa shape index (κ2) is 33.7. The van der Waals surface area contributed by atoms with E-state index in [0.717, 1.165) is 60.1 Å². The molecule has 24 rings (SSSR count). The molecular weight excluding hydrogens is 1770 g/mol. The van der Waals surface area contributed by atoms with Crippen LogP contribution in [0.2, 0.25) is 0 Å². The molecule has 30 nitrogen and oxygen atoms in total. The molecule has 12 fully saturated rings. The number of carbonyl (C=O) groups is 9. The normalized spacial score (nSPS) is 35.1. The van der Waals surface area contributed by atoms with Gasteiger partial charge in [0.2, 0.25) is 52.6 Å². The largest absolute Gasteiger partial charge is 0.488 e. The highest BCUT2D eigenvalue weighted by molar-refractivity contribution is 6.01. The number of piperidine rings is 3. The van der Waals surface area contributed by atoms with E-state index in [0.29, 0.717) is 89.7 Å². The maximum Gasteiger partial charge on any atom is 0.488 e. The van der Waals surface area contributed by atoms with Gasteiger partial charge in [0.05, 0.1) is 23.3 Å². The summed E-state index contributed by atoms with van der Waals surface area (Å²) in [5, 5.41) is 47.7. The summed E-state index contributed by atoms with van der Waals surface area (Å²) >= 11 is 0. The number of benzene rings is 6. The lowest BCUT2D eigenvalue weighted by atomic mass is 9.72. The Morgan fingerprint density at radius 2 is 0.804 bits per heavy atom. The number of amides is 9. The monoisotopic (exact) mass is 1890 g/mol. The van der Waals surface area contributed by atoms with Crippen LogP contribution in [-0.2, 0) is 115 Å². The van der Waals surface area contributed by atoms with E-state index in [2.05, 4.69) is 112 Å². The first-order valence-electron chi connectivity index (χ1n) is 50.2. The summed E-state index contributed by atoms with van der Waals surface area (Å²) < 4.78 is 84.5. The highest BCUT2D eigenvalue weighted by Gasteiger charge is 2.74. The Hall–Kier alpha value is -11.4. The van der Waals surface area contributed by atoms with Crippen molar-refractivity contribution in [1.29, 1.82) is 0 Å². The van der Waals surface area contributed by atoms with Gasteiger partial charge in [-0.3, -0.25) is 76.6 Å². The Labute approximate surface area is 800 Å². The minimum absolute atomic E-state index is 0.0135. The van der Waals surface area contributed by atoms with E-state index < -0.39 is 125 Å². The van der Waals surface area contributed by atoms with E-state index in [4.69, 9.17) is 14.2 Å². The molecule has 22 atom stereocenters. The Balaban J connectivity index is 0.000000121. The molecule has 9 amide bonds. The summed E-state index contributed by atoms with van der Waals surface area (Å²) in [7, 11) is 5.83. The van der Waals surface area contributed by atoms with Crippen LogP contribution in [0.1, 0.15) is 169 Å². The van der Waals surface area contributed by atoms with Crippen molar-refractivity contribution in [1.82, 2.24) is 73.8 Å². The van der Waals surface area contributed by atoms with Crippen molar-refractivity contribution >= 4 is 85.9 Å². The minimum Gasteiger partial charge on any atom is -0.347 e. The number of alkyl halides is 3. The second-order valence-electron chi connectivity index (χ2n) is 41.4. The zero-order chi connectivity index (χ0) is 98.0. The van der Waals surface area contributed by atoms with Gasteiger partial charge in [-0.1, -0.05) is 134 Å². The van der Waals surface area contributed by atoms with Crippen LogP contribution in [0.5, 0.6) is 0 Å². The van der Waals surface area contributed by atoms with Gasteiger partial charge in [-0.15, -0.1) is 13.2 Å². The minimum atomic E-state index is -4.69. The van der Waals surface area contributed by atoms with Crippen molar-refractivity contribution in [3.05, 3.63) is 214 Å². The van der Waals surface area contributed by atoms with Crippen molar-refractivity contribution in [2.45, 2.75) is 264 Å². The number of ether oxygens (including phenoxy) is 3. The van der Waals surface area contributed by atoms with E-state index in [-0.39, 0.29) is 119 Å². The van der Waals surface area contributed by atoms with Gasteiger partial charge >= 0.3 is 6.30 Å². The van der Waals surface area contributed by atoms with Crippen LogP contribution in [0.3, 0.4) is 0 Å². The predicted octanol–water partition coefficient (Wildman–Crippen LogP) is 8.57. The SMILES string of the molecule is CCCn1cc2c3c(cccc31)[C@H]1C[C@@H](C(=O)N[C@]3(C)O[C@@]4(O)[C@@H]5CCCN5C(=O)[C@H](Cc5ccccc5)N4C3=O)CN(C)[C@@H]1C2.CCn1cc2c3c(cccc31)[C@H]1C[C@@H](C(=O)N[C@]3(C)O[C@@]4(O)[C@@H]5CCCN5C(=O)[C@H](Cc5ccccc5)N4C3=O)CN(C)[C@@H]1C2.[2H][C@H]1[C@@H](C(=O)N[C@]2(C)O[C@@]3(O)[C@@H]4CCCN4C(=O)[C@H](Cc4ccccc4)N3C2=O)CN(C)[C@@H]2Cc3cn(C(F)(F)F)c4cccc(c34)[C@@]12[2H]. The molecule has 3 aliphatic carbocycles. The summed E-state index contributed by atoms with van der Waals surface area (Å²) in [6.45, 7) is 13.1. The Kier molecular flexibility index (Phi) is 21.8. The van der Waals surface area contributed by atoms with Gasteiger partial charge in [0.1, 0.15) is 36.3 Å². The van der Waals surface area contributed by atoms with Gasteiger partial charge in [0.25, 0.3) is 35.5 Å². The Morgan fingerprint density at radius 1 is 0.457 bits per heavy atom. The molecule has 3 aromatic heterocycles. The average molecular weight is 1890 g/mol. The zero-order valence-electron chi connectivity index (χ0n) is 80.8. The number of likely N-dealkylation sites (tertiary alicyclic amines) is 3. The fourth-order valence-corrected chi connectivity index (χ4v) is 26.8. The molecule has 6 aromatic carbocycles. The third-order valence-corrected chi connectivity index (χ3v) is 33.0. The summed E-state index contributed by atoms with van der Waals surface area (Å²) in [5.41, 5.74) is 5.11. The van der Waals surface area contributed by atoms with Gasteiger partial charge in [-0.25, -0.2) is 0 Å². The van der Waals surface area contributed by atoms with Crippen molar-refractivity contribution in [2.75, 3.05) is 60.4 Å². The van der Waals surface area contributed by atoms with E-state index in [1.165, 1.54) is 91.7 Å². The molecule has 0 unspecified atom stereocenters. The van der Waals surface area contributed by atoms with Crippen molar-refractivity contribution < 1.29 is 88.6 Å². The maximum absolute atomic E-state index is 14.3. The maximum atomic E-state index is 14.3. The summed E-state index contributed by atoms with van der Waals surface area (Å²) in [5.74, 6) is -13.7. The number of nitrogens with one attached hydrogen (secondary N) is 3. The number of likely N-dealkylation sites (N-methyl/N-ethyl adjacent to an activating group) is 3. The zero-order valence-corrected chi connectivity index (χ0v) is 78.8. The van der Waals surface area contributed by atoms with Crippen LogP contribution in [0.25, 0.3) is 32.7 Å². The standard InChI is InChI=1S/C36H43N5O5.C35H41N5O5.C34H36F3N5O5/c1-4-15-39-21-23-19-28-26(25-12-8-13-27(39)31(23)25)18-24(20-38(28)3)32(42)37-35(2)34(44)41-29(17-22-10-6-5-7-11-22)33(43)40-16-9-14-30(40)36(41,45)46-35;1-4-38-20-22-18-27-25(24-12-8-13-26(38)30(22)24)17-23(19-37(27)3)31(41)36-34(2)33(43)40-28(16-21-10-6-5-7-11-21)32(42)39-15-9-14-29(39)35(40,44)45-34;1-32(31(45)42-26(14-19-8-4-3-5-9-19)30(44)40-13-7-12-27(40)33(42,46)47-32)38-29(43)21-15-23-22-10-6-11-24-28(22)20(16-25(23)39(2)17-21)18-41(24)34(35,36)37/h5-8,10-13,21,24,26,28-30,45H,4,9,14-20H2,1-3H3,(H,37,42);5-8,10-13,20,23,25,27-29,44H,4,9,14-19H2,1-3H3,(H,36,41);3-6,8-11,18,21,23,25-27,46H,7,12-17H2,1-2H3,(H,38,43)/t24-,26-,28-,29+,30+,35-,36+;23-,25-,27-,28+,29+,34-,35+;21-,23-,25-,26+,27+,32-,33+/m111/s1/i;;15D,23D/t;;15-,21+,23+,25+,26-,27-,32+,33-/m..0. The van der Waals surface area contributed by atoms with E-state index >= 15 is 0 Å². The van der Waals surface area contributed by atoms with E-state index in [1.807, 2.05) is 91.0 Å². The van der Waals surface area contributed by atoms with Crippen molar-refractivity contribution in [3.8, 4) is 0 Å². The van der Waals surface area contributed by atoms with Crippen LogP contribution in [-0.4, -0.2) is 276 Å². The molecule has 0 bridgehead atoms. The Bertz CT molecular complexity index is 6550. The number of rotatable bonds is 15. The van der Waals surface area contributed by atoms with Crippen LogP contribution >= 0.6 is 0 Å². The van der Waals surface area contributed by atoms with Crippen LogP contribution in [0, 0.1) is 17.8 Å². The van der Waals surface area contributed by atoms with Gasteiger partial charge in [-0.2, -0.15) is 0 Å². The van der Waals surface area contributed by atoms with E-state index in [1.54, 1.807) is 27.8 Å². The predicted molar refractivity (Wildman–Crippen MR) is 500 cm³/mol. The number of aryl methyl sites for hydroxylation is 2. The van der Waals surface area contributed by atoms with Gasteiger partial charge in [0.15, 0.2) is 0 Å². The van der Waals surface area contributed by atoms with Crippen LogP contribution < -0.4 is 16.0 Å². The number of nitrogens with zero attached hydrogens (tertiary/aromatic N) is 12. The third kappa shape index (κ3) is 14.5. The molecule has 33 heteroatoms. The second-order valence-corrected chi connectivity index (χ2v) is 41.4. The fourth-order valence-electron chi connectivity index (χ4n) is 26.8. The molecule has 726 valence electrons. The van der Waals surface area contributed by atoms with Gasteiger partial charge < -0.3 is 69.8 Å². The first kappa shape index (κ1) is 89.2. The van der Waals surface area contributed by atoms with Gasteiger partial charge in [-0.05, 0) is 201 Å². The first-order valence-corrected chi connectivity index (χ1v) is 49.1. The number of piperazine rings is 3. The molecule has 12 aliphatic heterocycles. The summed E-state index contributed by atoms with van der Waals surface area (Å²) in [6, 6.07) is 40.1. The number of aromatic nitrogens is 3. The lowest BCUT2D eigenvalue weighted by Crippen LogP contribution is -2.71. The molecule has 0 saturated carbocycles. The number of hydrogen-bond donors (Lipinski definition) is 6. The average Bonchev–Trinajstić information content (AvgIpc) is 1.61. The molecule has 12 saturated heterocycles. The van der Waals surface area contributed by atoms with Gasteiger partial charge in [0, 0.05) is 156 Å². The molecule has 6 N–H and O–H groups in total. The number of hydrogen-bond acceptors (Lipinski definition) is 18. The molecule has 9 aromatic rings. The lowest BCUT2D eigenvalue weighted by molar-refractivity contribution is -0.315. The summed E-state index contributed by atoms with van der Waals surface area (Å²) in [6.07, 6.45) is 7.84. The first-order chi connectivity index (χ1) is 66.8. The number of carbonyl (C=O) groups excluding carboxylic acids is 9. The van der Waals surface area contributed by atoms with E-state index in [9.17, 15) is 74.4 Å². The molecule has 15 aliphatic rings. The molecular formula is C105H120F3N15O15. The highest BCUT2D eigenvalue weighted by atomic mass is 19.4. The highest BCUT2D eigenvalue weighted by Crippen LogP contribution is 2.55.